The van der Waals surface area contributed by atoms with Gasteiger partial charge in [0.25, 0.3) is 11.8 Å². The van der Waals surface area contributed by atoms with Gasteiger partial charge in [-0.05, 0) is 57.9 Å². The topological polar surface area (TPSA) is 103 Å². The van der Waals surface area contributed by atoms with E-state index in [4.69, 9.17) is 14.6 Å². The number of aryl methyl sites for hydroxylation is 1. The van der Waals surface area contributed by atoms with Crippen molar-refractivity contribution in [3.63, 3.8) is 0 Å². The van der Waals surface area contributed by atoms with Crippen molar-refractivity contribution >= 4 is 35.4 Å². The number of carbonyl (C=O) groups excluding carboxylic acids is 3. The maximum Gasteiger partial charge on any atom is 0.407 e. The fourth-order valence-corrected chi connectivity index (χ4v) is 4.73. The van der Waals surface area contributed by atoms with Crippen molar-refractivity contribution in [3.05, 3.63) is 35.7 Å². The second kappa shape index (κ2) is 11.1. The van der Waals surface area contributed by atoms with E-state index in [-0.39, 0.29) is 25.0 Å². The molecule has 1 N–H and O–H groups in total. The van der Waals surface area contributed by atoms with Crippen LogP contribution in [0.3, 0.4) is 0 Å². The lowest BCUT2D eigenvalue weighted by atomic mass is 10.2. The molecule has 1 aromatic carbocycles. The Balaban J connectivity index is 1.71. The zero-order valence-electron chi connectivity index (χ0n) is 20.3. The van der Waals surface area contributed by atoms with Crippen molar-refractivity contribution in [3.8, 4) is 0 Å². The van der Waals surface area contributed by atoms with Gasteiger partial charge in [0.15, 0.2) is 0 Å². The summed E-state index contributed by atoms with van der Waals surface area (Å²) in [7, 11) is 0. The number of rotatable bonds is 8. The molecule has 9 nitrogen and oxygen atoms in total. The van der Waals surface area contributed by atoms with Crippen LogP contribution in [0.15, 0.2) is 34.1 Å². The summed E-state index contributed by atoms with van der Waals surface area (Å²) in [5.41, 5.74) is 2.08. The van der Waals surface area contributed by atoms with E-state index in [0.29, 0.717) is 18.8 Å². The first-order chi connectivity index (χ1) is 16.1. The number of aromatic nitrogens is 2. The fraction of sp³-hybridized carbons (Fsp3) is 0.500. The summed E-state index contributed by atoms with van der Waals surface area (Å²) in [6.07, 6.45) is 1.12. The van der Waals surface area contributed by atoms with Crippen LogP contribution in [-0.4, -0.2) is 53.0 Å². The number of alkyl carbamates (subject to hydrolysis) is 1. The third-order valence-corrected chi connectivity index (χ3v) is 6.19. The molecular formula is C24H32N4O5S. The van der Waals surface area contributed by atoms with Crippen molar-refractivity contribution in [2.75, 3.05) is 24.7 Å². The minimum absolute atomic E-state index is 0.0933. The van der Waals surface area contributed by atoms with Crippen LogP contribution >= 0.6 is 11.8 Å². The van der Waals surface area contributed by atoms with Crippen molar-refractivity contribution in [2.24, 2.45) is 0 Å². The van der Waals surface area contributed by atoms with Crippen LogP contribution in [0.4, 0.5) is 10.5 Å². The summed E-state index contributed by atoms with van der Waals surface area (Å²) < 4.78 is 12.2. The van der Waals surface area contributed by atoms with Gasteiger partial charge in [0.1, 0.15) is 18.8 Å². The Hall–Kier alpha value is -2.85. The highest BCUT2D eigenvalue weighted by molar-refractivity contribution is 7.99. The van der Waals surface area contributed by atoms with E-state index in [9.17, 15) is 14.4 Å². The number of amides is 3. The first-order valence-electron chi connectivity index (χ1n) is 11.4. The number of nitrogens with one attached hydrogen (secondary N) is 1. The van der Waals surface area contributed by atoms with Gasteiger partial charge in [0, 0.05) is 11.4 Å². The zero-order chi connectivity index (χ0) is 24.9. The number of benzene rings is 1. The molecule has 2 heterocycles. The van der Waals surface area contributed by atoms with Crippen LogP contribution in [0.25, 0.3) is 0 Å². The molecule has 0 spiro atoms. The summed E-state index contributed by atoms with van der Waals surface area (Å²) >= 11 is 1.61. The highest BCUT2D eigenvalue weighted by atomic mass is 32.2. The van der Waals surface area contributed by atoms with Crippen molar-refractivity contribution in [2.45, 2.75) is 69.4 Å². The molecule has 0 unspecified atom stereocenters. The number of nitrogens with zero attached hydrogens (tertiary/aromatic N) is 3. The van der Waals surface area contributed by atoms with Gasteiger partial charge in [-0.25, -0.2) is 9.69 Å². The van der Waals surface area contributed by atoms with E-state index in [1.165, 1.54) is 4.90 Å². The number of ether oxygens (including phenoxy) is 2. The number of hydrogen-bond donors (Lipinski definition) is 1. The van der Waals surface area contributed by atoms with Crippen molar-refractivity contribution in [1.29, 1.82) is 0 Å². The largest absolute Gasteiger partial charge is 0.444 e. The predicted molar refractivity (Wildman–Crippen MR) is 129 cm³/mol. The number of anilines is 1. The molecule has 34 heavy (non-hydrogen) atoms. The lowest BCUT2D eigenvalue weighted by Crippen LogP contribution is -2.46. The van der Waals surface area contributed by atoms with Crippen LogP contribution in [0, 0.1) is 0 Å². The van der Waals surface area contributed by atoms with Crippen LogP contribution < -0.4 is 10.2 Å². The Bertz CT molecular complexity index is 1030. The second-order valence-electron chi connectivity index (χ2n) is 8.79. The Morgan fingerprint density at radius 3 is 2.32 bits per heavy atom. The number of imide groups is 1. The van der Waals surface area contributed by atoms with Crippen LogP contribution in [0.5, 0.6) is 0 Å². The van der Waals surface area contributed by atoms with E-state index in [1.54, 1.807) is 23.9 Å². The molecule has 2 aromatic rings. The number of hydrogen-bond acceptors (Lipinski definition) is 7. The average Bonchev–Trinajstić information content (AvgIpc) is 3.09. The molecule has 3 amide bonds. The quantitative estimate of drug-likeness (QED) is 0.567. The molecular weight excluding hydrogens is 456 g/mol. The Kier molecular flexibility index (Phi) is 8.37. The number of carbonyl (C=O) groups is 3. The molecule has 1 fully saturated rings. The van der Waals surface area contributed by atoms with E-state index in [2.05, 4.69) is 19.2 Å². The Morgan fingerprint density at radius 1 is 1.12 bits per heavy atom. The summed E-state index contributed by atoms with van der Waals surface area (Å²) in [5, 5.41) is 7.55. The van der Waals surface area contributed by atoms with Gasteiger partial charge in [0.2, 0.25) is 0 Å². The van der Waals surface area contributed by atoms with Crippen molar-refractivity contribution in [1.82, 2.24) is 15.1 Å². The highest BCUT2D eigenvalue weighted by Gasteiger charge is 2.28. The Labute approximate surface area is 204 Å². The molecule has 3 rings (SSSR count). The SMILES string of the molecule is CCc1nn(CCNC(=O)OC(C)(C)C)c(CC)c1Sc1ccc(N2C(=O)COCC2=O)cc1. The fourth-order valence-electron chi connectivity index (χ4n) is 3.55. The molecule has 1 aliphatic heterocycles. The van der Waals surface area contributed by atoms with Gasteiger partial charge < -0.3 is 14.8 Å². The highest BCUT2D eigenvalue weighted by Crippen LogP contribution is 2.35. The average molecular weight is 489 g/mol. The standard InChI is InChI=1S/C24H32N4O5S/c1-6-18-22(19(7-2)27(26-18)13-12-25-23(31)33-24(3,4)5)34-17-10-8-16(9-11-17)28-20(29)14-32-15-21(28)30/h8-11H,6-7,12-15H2,1-5H3,(H,25,31). The molecule has 0 aliphatic carbocycles. The molecule has 10 heteroatoms. The zero-order valence-corrected chi connectivity index (χ0v) is 21.2. The third kappa shape index (κ3) is 6.38. The summed E-state index contributed by atoms with van der Waals surface area (Å²) in [5.74, 6) is -0.723. The van der Waals surface area contributed by atoms with Crippen LogP contribution in [0.2, 0.25) is 0 Å². The van der Waals surface area contributed by atoms with E-state index in [1.807, 2.05) is 37.6 Å². The van der Waals surface area contributed by atoms with Gasteiger partial charge in [-0.15, -0.1) is 0 Å². The molecule has 0 atom stereocenters. The van der Waals surface area contributed by atoms with Gasteiger partial charge in [-0.3, -0.25) is 14.3 Å². The number of morpholine rings is 1. The summed E-state index contributed by atoms with van der Waals surface area (Å²) in [6, 6.07) is 7.35. The van der Waals surface area contributed by atoms with Gasteiger partial charge in [0.05, 0.1) is 28.5 Å². The lowest BCUT2D eigenvalue weighted by Gasteiger charge is -2.24. The van der Waals surface area contributed by atoms with Gasteiger partial charge >= 0.3 is 6.09 Å². The lowest BCUT2D eigenvalue weighted by molar-refractivity contribution is -0.138. The first-order valence-corrected chi connectivity index (χ1v) is 12.2. The Morgan fingerprint density at radius 2 is 1.76 bits per heavy atom. The summed E-state index contributed by atoms with van der Waals surface area (Å²) in [4.78, 5) is 39.3. The van der Waals surface area contributed by atoms with Gasteiger partial charge in [-0.2, -0.15) is 5.10 Å². The predicted octanol–water partition coefficient (Wildman–Crippen LogP) is 3.57. The van der Waals surface area contributed by atoms with E-state index >= 15 is 0 Å². The monoisotopic (exact) mass is 488 g/mol. The molecule has 1 aromatic heterocycles. The molecule has 1 aliphatic rings. The maximum atomic E-state index is 12.1. The van der Waals surface area contributed by atoms with Gasteiger partial charge in [-0.1, -0.05) is 25.6 Å². The van der Waals surface area contributed by atoms with Crippen molar-refractivity contribution < 1.29 is 23.9 Å². The summed E-state index contributed by atoms with van der Waals surface area (Å²) in [6.45, 7) is 10.4. The van der Waals surface area contributed by atoms with E-state index in [0.717, 1.165) is 34.0 Å². The van der Waals surface area contributed by atoms with Crippen LogP contribution in [0.1, 0.15) is 46.0 Å². The molecule has 0 saturated carbocycles. The molecule has 1 saturated heterocycles. The molecule has 0 radical (unpaired) electrons. The third-order valence-electron chi connectivity index (χ3n) is 5.00. The minimum atomic E-state index is -0.540. The molecule has 184 valence electrons. The maximum absolute atomic E-state index is 12.1. The molecule has 0 bridgehead atoms. The smallest absolute Gasteiger partial charge is 0.407 e. The van der Waals surface area contributed by atoms with Crippen LogP contribution in [-0.2, 0) is 38.4 Å². The normalized spacial score (nSPS) is 14.4. The first kappa shape index (κ1) is 25.8. The van der Waals surface area contributed by atoms with E-state index < -0.39 is 11.7 Å². The second-order valence-corrected chi connectivity index (χ2v) is 9.88. The minimum Gasteiger partial charge on any atom is -0.444 e.